The lowest BCUT2D eigenvalue weighted by Crippen LogP contribution is -2.56. The van der Waals surface area contributed by atoms with Gasteiger partial charge < -0.3 is 10.4 Å². The minimum Gasteiger partial charge on any atom is -0.365 e. The number of likely N-dealkylation sites (N-methyl/N-ethyl adjacent to an activating group) is 1. The van der Waals surface area contributed by atoms with Gasteiger partial charge in [0.2, 0.25) is 5.91 Å². The van der Waals surface area contributed by atoms with Gasteiger partial charge in [-0.25, -0.2) is 0 Å². The summed E-state index contributed by atoms with van der Waals surface area (Å²) in [5.74, 6) is -0.0460. The molecule has 1 aliphatic heterocycles. The van der Waals surface area contributed by atoms with Crippen molar-refractivity contribution in [1.29, 1.82) is 0 Å². The van der Waals surface area contributed by atoms with Crippen LogP contribution in [0.4, 0.5) is 0 Å². The lowest BCUT2D eigenvalue weighted by molar-refractivity contribution is -0.128. The summed E-state index contributed by atoms with van der Waals surface area (Å²) >= 11 is 0. The van der Waals surface area contributed by atoms with Gasteiger partial charge in [0, 0.05) is 31.2 Å². The summed E-state index contributed by atoms with van der Waals surface area (Å²) in [4.78, 5) is 18.5. The first kappa shape index (κ1) is 21.2. The molecule has 1 amide bonds. The number of rotatable bonds is 6. The molecule has 6 nitrogen and oxygen atoms in total. The second-order valence-corrected chi connectivity index (χ2v) is 8.63. The average molecular weight is 389 g/mol. The molecule has 0 bridgehead atoms. The number of nitrogens with zero attached hydrogens (tertiary/aromatic N) is 3. The molecule has 1 atom stereocenters. The summed E-state index contributed by atoms with van der Waals surface area (Å²) in [6, 6.07) is 10.8. The molecule has 0 radical (unpaired) electrons. The molecule has 1 saturated carbocycles. The number of amides is 1. The molecule has 1 heterocycles. The van der Waals surface area contributed by atoms with Gasteiger partial charge in [-0.05, 0) is 51.8 Å². The van der Waals surface area contributed by atoms with E-state index in [0.29, 0.717) is 0 Å². The number of aliphatic hydroxyl groups is 1. The number of benzene rings is 1. The van der Waals surface area contributed by atoms with E-state index in [0.717, 1.165) is 45.2 Å². The Morgan fingerprint density at radius 1 is 1.21 bits per heavy atom. The van der Waals surface area contributed by atoms with Crippen LogP contribution in [0, 0.1) is 0 Å². The molecule has 1 spiro atoms. The van der Waals surface area contributed by atoms with Crippen molar-refractivity contribution in [1.82, 2.24) is 20.0 Å². The van der Waals surface area contributed by atoms with Crippen LogP contribution in [0.1, 0.15) is 44.6 Å². The fourth-order valence-electron chi connectivity index (χ4n) is 5.30. The van der Waals surface area contributed by atoms with Crippen molar-refractivity contribution in [2.24, 2.45) is 0 Å². The maximum Gasteiger partial charge on any atom is 0.234 e. The number of carbonyl (C=O) groups excluding carboxylic acids is 1. The number of carbonyl (C=O) groups is 1. The maximum atomic E-state index is 11.9. The van der Waals surface area contributed by atoms with Crippen molar-refractivity contribution in [2.45, 2.75) is 56.5 Å². The first-order valence-corrected chi connectivity index (χ1v) is 10.5. The quantitative estimate of drug-likeness (QED) is 0.778. The maximum absolute atomic E-state index is 11.9. The van der Waals surface area contributed by atoms with E-state index in [1.54, 1.807) is 7.05 Å². The van der Waals surface area contributed by atoms with Gasteiger partial charge in [0.05, 0.1) is 6.54 Å². The van der Waals surface area contributed by atoms with E-state index in [9.17, 15) is 9.90 Å². The van der Waals surface area contributed by atoms with E-state index < -0.39 is 6.35 Å². The number of nitrogens with one attached hydrogen (secondary N) is 1. The highest BCUT2D eigenvalue weighted by molar-refractivity contribution is 5.77. The Balaban J connectivity index is 1.84. The van der Waals surface area contributed by atoms with Crippen LogP contribution in [0.15, 0.2) is 30.3 Å². The zero-order valence-corrected chi connectivity index (χ0v) is 17.8. The Bertz CT molecular complexity index is 656. The molecule has 0 aromatic heterocycles. The monoisotopic (exact) mass is 388 g/mol. The van der Waals surface area contributed by atoms with Gasteiger partial charge in [-0.15, -0.1) is 0 Å². The molecule has 156 valence electrons. The van der Waals surface area contributed by atoms with Gasteiger partial charge in [0.25, 0.3) is 0 Å². The van der Waals surface area contributed by atoms with E-state index in [2.05, 4.69) is 66.5 Å². The van der Waals surface area contributed by atoms with Crippen LogP contribution in [-0.2, 0) is 10.3 Å². The highest BCUT2D eigenvalue weighted by Crippen LogP contribution is 2.49. The van der Waals surface area contributed by atoms with Gasteiger partial charge in [-0.1, -0.05) is 37.3 Å². The SMILES string of the molecule is CCCN1C(O)N(CC(=O)NC)C[C@]12CC[C@](c1ccccc1)(N(C)C)CC2. The van der Waals surface area contributed by atoms with Crippen molar-refractivity contribution >= 4 is 5.91 Å². The first-order chi connectivity index (χ1) is 13.4. The number of aliphatic hydroxyl groups excluding tert-OH is 1. The van der Waals surface area contributed by atoms with Crippen LogP contribution in [0.25, 0.3) is 0 Å². The molecule has 1 aromatic carbocycles. The normalized spacial score (nSPS) is 31.6. The van der Waals surface area contributed by atoms with Crippen molar-refractivity contribution in [2.75, 3.05) is 40.8 Å². The Labute approximate surface area is 169 Å². The highest BCUT2D eigenvalue weighted by Gasteiger charge is 2.54. The molecule has 28 heavy (non-hydrogen) atoms. The van der Waals surface area contributed by atoms with Crippen LogP contribution < -0.4 is 5.32 Å². The molecule has 2 aliphatic rings. The van der Waals surface area contributed by atoms with Gasteiger partial charge in [-0.3, -0.25) is 19.5 Å². The van der Waals surface area contributed by atoms with Gasteiger partial charge >= 0.3 is 0 Å². The fraction of sp³-hybridized carbons (Fsp3) is 0.682. The standard InChI is InChI=1S/C22H36N4O2/c1-5-15-26-20(28)25(16-19(27)23-2)17-21(26)11-13-22(14-12-21,24(3)4)18-9-7-6-8-10-18/h6-10,20,28H,5,11-17H2,1-4H3,(H,23,27)/t20?,21-,22+. The Hall–Kier alpha value is -1.47. The lowest BCUT2D eigenvalue weighted by atomic mass is 9.68. The molecule has 6 heteroatoms. The van der Waals surface area contributed by atoms with E-state index in [-0.39, 0.29) is 23.5 Å². The third-order valence-corrected chi connectivity index (χ3v) is 6.98. The Morgan fingerprint density at radius 3 is 2.39 bits per heavy atom. The lowest BCUT2D eigenvalue weighted by Gasteiger charge is -2.51. The fourth-order valence-corrected chi connectivity index (χ4v) is 5.30. The van der Waals surface area contributed by atoms with Crippen LogP contribution in [0.3, 0.4) is 0 Å². The van der Waals surface area contributed by atoms with Crippen LogP contribution >= 0.6 is 0 Å². The molecule has 1 saturated heterocycles. The minimum absolute atomic E-state index is 0.0313. The van der Waals surface area contributed by atoms with E-state index in [4.69, 9.17) is 0 Å². The van der Waals surface area contributed by atoms with E-state index >= 15 is 0 Å². The van der Waals surface area contributed by atoms with E-state index in [1.807, 2.05) is 4.90 Å². The van der Waals surface area contributed by atoms with E-state index in [1.165, 1.54) is 5.56 Å². The van der Waals surface area contributed by atoms with Crippen LogP contribution in [0.2, 0.25) is 0 Å². The van der Waals surface area contributed by atoms with Crippen molar-refractivity contribution in [3.63, 3.8) is 0 Å². The third-order valence-electron chi connectivity index (χ3n) is 6.98. The molecule has 1 aromatic rings. The average Bonchev–Trinajstić information content (AvgIpc) is 2.95. The van der Waals surface area contributed by atoms with Crippen LogP contribution in [-0.4, -0.2) is 78.4 Å². The zero-order chi connectivity index (χ0) is 20.4. The summed E-state index contributed by atoms with van der Waals surface area (Å²) in [5, 5.41) is 13.6. The Morgan fingerprint density at radius 2 is 1.86 bits per heavy atom. The summed E-state index contributed by atoms with van der Waals surface area (Å²) in [6.07, 6.45) is 4.43. The summed E-state index contributed by atoms with van der Waals surface area (Å²) in [7, 11) is 6.00. The summed E-state index contributed by atoms with van der Waals surface area (Å²) < 4.78 is 0. The van der Waals surface area contributed by atoms with Crippen molar-refractivity contribution < 1.29 is 9.90 Å². The number of hydrogen-bond donors (Lipinski definition) is 2. The van der Waals surface area contributed by atoms with Crippen LogP contribution in [0.5, 0.6) is 0 Å². The predicted molar refractivity (Wildman–Crippen MR) is 112 cm³/mol. The topological polar surface area (TPSA) is 59.1 Å². The second kappa shape index (κ2) is 8.49. The molecule has 2 fully saturated rings. The summed E-state index contributed by atoms with van der Waals surface area (Å²) in [5.41, 5.74) is 1.35. The van der Waals surface area contributed by atoms with Gasteiger partial charge in [0.1, 0.15) is 0 Å². The van der Waals surface area contributed by atoms with Gasteiger partial charge in [-0.2, -0.15) is 0 Å². The van der Waals surface area contributed by atoms with Crippen molar-refractivity contribution in [3.05, 3.63) is 35.9 Å². The van der Waals surface area contributed by atoms with Gasteiger partial charge in [0.15, 0.2) is 6.35 Å². The second-order valence-electron chi connectivity index (χ2n) is 8.63. The summed E-state index contributed by atoms with van der Waals surface area (Å²) in [6.45, 7) is 4.00. The molecule has 1 aliphatic carbocycles. The third kappa shape index (κ3) is 3.71. The predicted octanol–water partition coefficient (Wildman–Crippen LogP) is 1.81. The van der Waals surface area contributed by atoms with Crippen molar-refractivity contribution in [3.8, 4) is 0 Å². The highest BCUT2D eigenvalue weighted by atomic mass is 16.3. The molecular weight excluding hydrogens is 352 g/mol. The molecule has 2 N–H and O–H groups in total. The zero-order valence-electron chi connectivity index (χ0n) is 17.8. The molecule has 3 rings (SSSR count). The molecular formula is C22H36N4O2. The largest absolute Gasteiger partial charge is 0.365 e. The smallest absolute Gasteiger partial charge is 0.234 e. The first-order valence-electron chi connectivity index (χ1n) is 10.5. The molecule has 1 unspecified atom stereocenters. The minimum atomic E-state index is -0.680. The Kier molecular flexibility index (Phi) is 6.44. The number of hydrogen-bond acceptors (Lipinski definition) is 5.